The molecule has 0 aliphatic rings. The van der Waals surface area contributed by atoms with Gasteiger partial charge in [-0.15, -0.1) is 10.2 Å². The number of amides is 1. The SMILES string of the molecule is C[C@H](Sc1nnc([C@@H](C)N(C)C)n1-c1ccc(F)cc1)C(=O)Nc1ccc(Cl)cc1F. The lowest BCUT2D eigenvalue weighted by atomic mass is 10.2. The van der Waals surface area contributed by atoms with Gasteiger partial charge in [0.15, 0.2) is 11.0 Å². The minimum absolute atomic E-state index is 0.0452. The standard InChI is InChI=1S/C21H22ClF2N5OS/c1-12(28(3)4)19-26-27-21(29(19)16-8-6-15(23)7-9-16)31-13(2)20(30)25-18-10-5-14(22)11-17(18)24/h5-13H,1-4H3,(H,25,30)/t12-,13+/m1/s1. The molecule has 0 aliphatic carbocycles. The predicted octanol–water partition coefficient (Wildman–Crippen LogP) is 4.94. The van der Waals surface area contributed by atoms with Gasteiger partial charge in [0.25, 0.3) is 0 Å². The Bertz CT molecular complexity index is 1070. The van der Waals surface area contributed by atoms with Crippen molar-refractivity contribution in [1.82, 2.24) is 19.7 Å². The Labute approximate surface area is 188 Å². The molecule has 1 aromatic heterocycles. The fourth-order valence-corrected chi connectivity index (χ4v) is 3.76. The molecule has 0 saturated carbocycles. The topological polar surface area (TPSA) is 63.1 Å². The number of rotatable bonds is 7. The van der Waals surface area contributed by atoms with Crippen molar-refractivity contribution in [2.45, 2.75) is 30.3 Å². The fraction of sp³-hybridized carbons (Fsp3) is 0.286. The molecule has 2 aromatic carbocycles. The third kappa shape index (κ3) is 5.41. The highest BCUT2D eigenvalue weighted by Gasteiger charge is 2.25. The second-order valence-corrected chi connectivity index (χ2v) is 8.91. The highest BCUT2D eigenvalue weighted by Crippen LogP contribution is 2.30. The van der Waals surface area contributed by atoms with Crippen molar-refractivity contribution in [2.75, 3.05) is 19.4 Å². The highest BCUT2D eigenvalue weighted by molar-refractivity contribution is 8.00. The molecule has 10 heteroatoms. The van der Waals surface area contributed by atoms with Crippen molar-refractivity contribution in [3.05, 3.63) is 64.9 Å². The smallest absolute Gasteiger partial charge is 0.237 e. The van der Waals surface area contributed by atoms with Gasteiger partial charge in [-0.25, -0.2) is 8.78 Å². The summed E-state index contributed by atoms with van der Waals surface area (Å²) in [6.45, 7) is 3.66. The van der Waals surface area contributed by atoms with E-state index in [1.165, 1.54) is 36.0 Å². The van der Waals surface area contributed by atoms with Crippen LogP contribution in [0.5, 0.6) is 0 Å². The molecule has 31 heavy (non-hydrogen) atoms. The van der Waals surface area contributed by atoms with E-state index in [-0.39, 0.29) is 22.6 Å². The summed E-state index contributed by atoms with van der Waals surface area (Å²) in [4.78, 5) is 14.6. The first kappa shape index (κ1) is 23.2. The maximum Gasteiger partial charge on any atom is 0.237 e. The number of nitrogens with zero attached hydrogens (tertiary/aromatic N) is 4. The van der Waals surface area contributed by atoms with Crippen molar-refractivity contribution in [3.8, 4) is 5.69 Å². The number of hydrogen-bond acceptors (Lipinski definition) is 5. The minimum Gasteiger partial charge on any atom is -0.323 e. The summed E-state index contributed by atoms with van der Waals surface area (Å²) < 4.78 is 29.3. The average molecular weight is 466 g/mol. The van der Waals surface area contributed by atoms with Gasteiger partial charge in [-0.3, -0.25) is 14.3 Å². The van der Waals surface area contributed by atoms with Gasteiger partial charge in [0, 0.05) is 10.7 Å². The normalized spacial score (nSPS) is 13.3. The van der Waals surface area contributed by atoms with E-state index < -0.39 is 17.0 Å². The molecule has 2 atom stereocenters. The van der Waals surface area contributed by atoms with Crippen LogP contribution in [0.2, 0.25) is 5.02 Å². The van der Waals surface area contributed by atoms with Gasteiger partial charge in [0.1, 0.15) is 11.6 Å². The van der Waals surface area contributed by atoms with E-state index in [0.717, 1.165) is 6.07 Å². The summed E-state index contributed by atoms with van der Waals surface area (Å²) in [5.41, 5.74) is 0.720. The Morgan fingerprint density at radius 3 is 2.42 bits per heavy atom. The molecule has 0 fully saturated rings. The van der Waals surface area contributed by atoms with Crippen molar-refractivity contribution >= 4 is 35.0 Å². The van der Waals surface area contributed by atoms with Crippen molar-refractivity contribution < 1.29 is 13.6 Å². The van der Waals surface area contributed by atoms with Crippen LogP contribution in [0.4, 0.5) is 14.5 Å². The zero-order valence-corrected chi connectivity index (χ0v) is 19.0. The van der Waals surface area contributed by atoms with Crippen LogP contribution in [0, 0.1) is 11.6 Å². The lowest BCUT2D eigenvalue weighted by molar-refractivity contribution is -0.115. The third-order valence-electron chi connectivity index (χ3n) is 4.73. The summed E-state index contributed by atoms with van der Waals surface area (Å²) in [5, 5.41) is 11.2. The zero-order chi connectivity index (χ0) is 22.7. The maximum atomic E-state index is 14.0. The molecule has 164 valence electrons. The number of nitrogens with one attached hydrogen (secondary N) is 1. The second kappa shape index (κ2) is 9.76. The van der Waals surface area contributed by atoms with Crippen molar-refractivity contribution in [1.29, 1.82) is 0 Å². The third-order valence-corrected chi connectivity index (χ3v) is 6.01. The predicted molar refractivity (Wildman–Crippen MR) is 119 cm³/mol. The molecule has 0 radical (unpaired) electrons. The van der Waals surface area contributed by atoms with Crippen LogP contribution < -0.4 is 5.32 Å². The van der Waals surface area contributed by atoms with Gasteiger partial charge < -0.3 is 5.32 Å². The van der Waals surface area contributed by atoms with Crippen LogP contribution in [0.25, 0.3) is 5.69 Å². The summed E-state index contributed by atoms with van der Waals surface area (Å²) in [6, 6.07) is 9.92. The van der Waals surface area contributed by atoms with Crippen molar-refractivity contribution in [2.24, 2.45) is 0 Å². The van der Waals surface area contributed by atoms with E-state index >= 15 is 0 Å². The van der Waals surface area contributed by atoms with Crippen LogP contribution in [0.3, 0.4) is 0 Å². The molecule has 1 amide bonds. The molecule has 1 heterocycles. The van der Waals surface area contributed by atoms with Crippen molar-refractivity contribution in [3.63, 3.8) is 0 Å². The number of carbonyl (C=O) groups excluding carboxylic acids is 1. The number of halogens is 3. The van der Waals surface area contributed by atoms with Crippen LogP contribution in [0.1, 0.15) is 25.7 Å². The Hall–Kier alpha value is -2.49. The first-order valence-corrected chi connectivity index (χ1v) is 10.7. The van der Waals surface area contributed by atoms with Gasteiger partial charge in [0.05, 0.1) is 17.0 Å². The summed E-state index contributed by atoms with van der Waals surface area (Å²) >= 11 is 6.93. The van der Waals surface area contributed by atoms with E-state index in [9.17, 15) is 13.6 Å². The lowest BCUT2D eigenvalue weighted by Gasteiger charge is -2.21. The molecular weight excluding hydrogens is 444 g/mol. The summed E-state index contributed by atoms with van der Waals surface area (Å²) in [5.74, 6) is -0.724. The molecular formula is C21H22ClF2N5OS. The molecule has 0 saturated heterocycles. The Balaban J connectivity index is 1.87. The van der Waals surface area contributed by atoms with Gasteiger partial charge in [-0.2, -0.15) is 0 Å². The number of aromatic nitrogens is 3. The zero-order valence-electron chi connectivity index (χ0n) is 17.4. The first-order chi connectivity index (χ1) is 14.7. The lowest BCUT2D eigenvalue weighted by Crippen LogP contribution is -2.24. The Morgan fingerprint density at radius 2 is 1.81 bits per heavy atom. The van der Waals surface area contributed by atoms with Gasteiger partial charge in [0.2, 0.25) is 5.91 Å². The largest absolute Gasteiger partial charge is 0.323 e. The highest BCUT2D eigenvalue weighted by atomic mass is 35.5. The number of hydrogen-bond donors (Lipinski definition) is 1. The molecule has 0 aliphatic heterocycles. The Kier molecular flexibility index (Phi) is 7.30. The number of carbonyl (C=O) groups is 1. The van der Waals surface area contributed by atoms with Crippen LogP contribution in [0.15, 0.2) is 47.6 Å². The fourth-order valence-electron chi connectivity index (χ4n) is 2.73. The van der Waals surface area contributed by atoms with Crippen LogP contribution in [-0.4, -0.2) is 44.9 Å². The van der Waals surface area contributed by atoms with E-state index in [1.54, 1.807) is 23.6 Å². The summed E-state index contributed by atoms with van der Waals surface area (Å²) in [7, 11) is 3.83. The second-order valence-electron chi connectivity index (χ2n) is 7.17. The Morgan fingerprint density at radius 1 is 1.13 bits per heavy atom. The quantitative estimate of drug-likeness (QED) is 0.501. The van der Waals surface area contributed by atoms with Crippen LogP contribution >= 0.6 is 23.4 Å². The summed E-state index contributed by atoms with van der Waals surface area (Å²) in [6.07, 6.45) is 0. The van der Waals surface area contributed by atoms with E-state index in [0.29, 0.717) is 16.7 Å². The molecule has 0 bridgehead atoms. The molecule has 3 rings (SSSR count). The average Bonchev–Trinajstić information content (AvgIpc) is 3.13. The molecule has 0 unspecified atom stereocenters. The maximum absolute atomic E-state index is 14.0. The van der Waals surface area contributed by atoms with Gasteiger partial charge in [-0.1, -0.05) is 23.4 Å². The number of anilines is 1. The van der Waals surface area contributed by atoms with Gasteiger partial charge >= 0.3 is 0 Å². The molecule has 1 N–H and O–H groups in total. The number of benzene rings is 2. The molecule has 6 nitrogen and oxygen atoms in total. The van der Waals surface area contributed by atoms with Gasteiger partial charge in [-0.05, 0) is 70.4 Å². The monoisotopic (exact) mass is 465 g/mol. The molecule has 0 spiro atoms. The van der Waals surface area contributed by atoms with E-state index in [2.05, 4.69) is 15.5 Å². The minimum atomic E-state index is -0.616. The first-order valence-electron chi connectivity index (χ1n) is 9.47. The van der Waals surface area contributed by atoms with Crippen LogP contribution in [-0.2, 0) is 4.79 Å². The van der Waals surface area contributed by atoms with E-state index in [1.807, 2.05) is 25.9 Å². The molecule has 3 aromatic rings. The van der Waals surface area contributed by atoms with E-state index in [4.69, 9.17) is 11.6 Å². The number of thioether (sulfide) groups is 1.